The van der Waals surface area contributed by atoms with Crippen LogP contribution in [0.5, 0.6) is 0 Å². The number of nitrogens with one attached hydrogen (secondary N) is 1. The van der Waals surface area contributed by atoms with Gasteiger partial charge in [0.1, 0.15) is 0 Å². The summed E-state index contributed by atoms with van der Waals surface area (Å²) in [5.41, 5.74) is 5.55. The smallest absolute Gasteiger partial charge is 0.220 e. The first-order valence-corrected chi connectivity index (χ1v) is 4.97. The molecule has 1 fully saturated rings. The van der Waals surface area contributed by atoms with E-state index in [-0.39, 0.29) is 11.4 Å². The molecule has 1 aliphatic carbocycles. The molecule has 13 heavy (non-hydrogen) atoms. The lowest BCUT2D eigenvalue weighted by atomic mass is 10.00. The van der Waals surface area contributed by atoms with Gasteiger partial charge in [-0.2, -0.15) is 0 Å². The summed E-state index contributed by atoms with van der Waals surface area (Å²) in [6.45, 7) is 6.04. The van der Waals surface area contributed by atoms with Gasteiger partial charge in [0.15, 0.2) is 0 Å². The second kappa shape index (κ2) is 3.66. The monoisotopic (exact) mass is 184 g/mol. The molecular formula is C10H20N2O. The zero-order valence-corrected chi connectivity index (χ0v) is 8.76. The number of carbonyl (C=O) groups is 1. The number of hydrogen-bond acceptors (Lipinski definition) is 2. The van der Waals surface area contributed by atoms with Crippen molar-refractivity contribution in [3.8, 4) is 0 Å². The van der Waals surface area contributed by atoms with Gasteiger partial charge in [-0.3, -0.25) is 4.79 Å². The molecule has 2 atom stereocenters. The lowest BCUT2D eigenvalue weighted by molar-refractivity contribution is -0.121. The molecule has 0 aliphatic heterocycles. The van der Waals surface area contributed by atoms with Crippen LogP contribution >= 0.6 is 0 Å². The zero-order valence-electron chi connectivity index (χ0n) is 8.76. The third-order valence-corrected chi connectivity index (χ3v) is 2.45. The summed E-state index contributed by atoms with van der Waals surface area (Å²) >= 11 is 0. The average Bonchev–Trinajstić information content (AvgIpc) is 2.61. The van der Waals surface area contributed by atoms with Crippen molar-refractivity contribution in [2.45, 2.75) is 51.6 Å². The first-order valence-electron chi connectivity index (χ1n) is 4.97. The van der Waals surface area contributed by atoms with Crippen LogP contribution in [0.15, 0.2) is 0 Å². The SMILES string of the molecule is CC1CC1NC(=O)CCC(C)(C)N. The topological polar surface area (TPSA) is 55.1 Å². The van der Waals surface area contributed by atoms with E-state index in [9.17, 15) is 4.79 Å². The molecule has 0 bridgehead atoms. The third kappa shape index (κ3) is 4.27. The Bertz CT molecular complexity index is 196. The molecule has 3 N–H and O–H groups in total. The molecule has 0 aromatic carbocycles. The molecule has 1 amide bonds. The van der Waals surface area contributed by atoms with Crippen LogP contribution in [-0.4, -0.2) is 17.5 Å². The Morgan fingerprint density at radius 2 is 2.15 bits per heavy atom. The standard InChI is InChI=1S/C10H20N2O/c1-7-6-8(7)12-9(13)4-5-10(2,3)11/h7-8H,4-6,11H2,1-3H3,(H,12,13). The van der Waals surface area contributed by atoms with E-state index in [0.29, 0.717) is 18.4 Å². The van der Waals surface area contributed by atoms with E-state index in [1.54, 1.807) is 0 Å². The normalized spacial score (nSPS) is 27.1. The Kier molecular flexibility index (Phi) is 2.96. The number of hydrogen-bond donors (Lipinski definition) is 2. The first kappa shape index (κ1) is 10.5. The fourth-order valence-corrected chi connectivity index (χ4v) is 1.24. The molecule has 0 spiro atoms. The quantitative estimate of drug-likeness (QED) is 0.685. The minimum atomic E-state index is -0.230. The molecule has 1 rings (SSSR count). The van der Waals surface area contributed by atoms with Gasteiger partial charge < -0.3 is 11.1 Å². The maximum Gasteiger partial charge on any atom is 0.220 e. The number of nitrogens with two attached hydrogens (primary N) is 1. The van der Waals surface area contributed by atoms with Crippen molar-refractivity contribution in [3.05, 3.63) is 0 Å². The van der Waals surface area contributed by atoms with Crippen LogP contribution in [0.25, 0.3) is 0 Å². The number of carbonyl (C=O) groups excluding carboxylic acids is 1. The second-order valence-corrected chi connectivity index (χ2v) is 4.88. The molecule has 3 nitrogen and oxygen atoms in total. The molecular weight excluding hydrogens is 164 g/mol. The van der Waals surface area contributed by atoms with Crippen molar-refractivity contribution in [1.29, 1.82) is 0 Å². The molecule has 0 radical (unpaired) electrons. The van der Waals surface area contributed by atoms with Gasteiger partial charge in [-0.25, -0.2) is 0 Å². The Balaban J connectivity index is 2.11. The highest BCUT2D eigenvalue weighted by Gasteiger charge is 2.33. The van der Waals surface area contributed by atoms with Gasteiger partial charge >= 0.3 is 0 Å². The van der Waals surface area contributed by atoms with Gasteiger partial charge in [0.25, 0.3) is 0 Å². The van der Waals surface area contributed by atoms with E-state index in [4.69, 9.17) is 5.73 Å². The molecule has 1 aliphatic rings. The molecule has 2 unspecified atom stereocenters. The fraction of sp³-hybridized carbons (Fsp3) is 0.900. The van der Waals surface area contributed by atoms with Gasteiger partial charge in [-0.1, -0.05) is 6.92 Å². The van der Waals surface area contributed by atoms with Gasteiger partial charge in [0, 0.05) is 18.0 Å². The Morgan fingerprint density at radius 3 is 2.54 bits per heavy atom. The van der Waals surface area contributed by atoms with Crippen molar-refractivity contribution in [2.24, 2.45) is 11.7 Å². The van der Waals surface area contributed by atoms with Crippen LogP contribution in [0.3, 0.4) is 0 Å². The van der Waals surface area contributed by atoms with Crippen LogP contribution in [0, 0.1) is 5.92 Å². The highest BCUT2D eigenvalue weighted by molar-refractivity contribution is 5.76. The minimum Gasteiger partial charge on any atom is -0.353 e. The van der Waals surface area contributed by atoms with Crippen LogP contribution in [0.4, 0.5) is 0 Å². The highest BCUT2D eigenvalue weighted by Crippen LogP contribution is 2.29. The minimum absolute atomic E-state index is 0.146. The molecule has 1 saturated carbocycles. The van der Waals surface area contributed by atoms with Crippen LogP contribution in [0.2, 0.25) is 0 Å². The fourth-order valence-electron chi connectivity index (χ4n) is 1.24. The summed E-state index contributed by atoms with van der Waals surface area (Å²) < 4.78 is 0. The molecule has 0 aromatic rings. The molecule has 0 heterocycles. The molecule has 0 aromatic heterocycles. The Hall–Kier alpha value is -0.570. The van der Waals surface area contributed by atoms with E-state index in [1.807, 2.05) is 13.8 Å². The maximum atomic E-state index is 11.3. The predicted molar refractivity (Wildman–Crippen MR) is 53.2 cm³/mol. The lowest BCUT2D eigenvalue weighted by Crippen LogP contribution is -2.35. The molecule has 76 valence electrons. The molecule has 3 heteroatoms. The predicted octanol–water partition coefficient (Wildman–Crippen LogP) is 1.03. The summed E-state index contributed by atoms with van der Waals surface area (Å²) in [4.78, 5) is 11.3. The van der Waals surface area contributed by atoms with Crippen LogP contribution in [-0.2, 0) is 4.79 Å². The van der Waals surface area contributed by atoms with E-state index in [1.165, 1.54) is 0 Å². The largest absolute Gasteiger partial charge is 0.353 e. The van der Waals surface area contributed by atoms with E-state index >= 15 is 0 Å². The zero-order chi connectivity index (χ0) is 10.1. The van der Waals surface area contributed by atoms with Gasteiger partial charge in [0.2, 0.25) is 5.91 Å². The van der Waals surface area contributed by atoms with Gasteiger partial charge in [-0.05, 0) is 32.6 Å². The van der Waals surface area contributed by atoms with Crippen LogP contribution < -0.4 is 11.1 Å². The average molecular weight is 184 g/mol. The lowest BCUT2D eigenvalue weighted by Gasteiger charge is -2.17. The van der Waals surface area contributed by atoms with E-state index in [2.05, 4.69) is 12.2 Å². The van der Waals surface area contributed by atoms with E-state index in [0.717, 1.165) is 12.8 Å². The summed E-state index contributed by atoms with van der Waals surface area (Å²) in [5, 5.41) is 2.98. The number of rotatable bonds is 4. The molecule has 0 saturated heterocycles. The van der Waals surface area contributed by atoms with Crippen molar-refractivity contribution in [1.82, 2.24) is 5.32 Å². The van der Waals surface area contributed by atoms with Crippen LogP contribution in [0.1, 0.15) is 40.0 Å². The summed E-state index contributed by atoms with van der Waals surface area (Å²) in [6, 6.07) is 0.438. The van der Waals surface area contributed by atoms with Crippen molar-refractivity contribution >= 4 is 5.91 Å². The summed E-state index contributed by atoms with van der Waals surface area (Å²) in [7, 11) is 0. The Labute approximate surface area is 80.1 Å². The summed E-state index contributed by atoms with van der Waals surface area (Å²) in [5.74, 6) is 0.822. The first-order chi connectivity index (χ1) is 5.88. The third-order valence-electron chi connectivity index (χ3n) is 2.45. The van der Waals surface area contributed by atoms with Crippen molar-refractivity contribution in [3.63, 3.8) is 0 Å². The van der Waals surface area contributed by atoms with Gasteiger partial charge in [0.05, 0.1) is 0 Å². The Morgan fingerprint density at radius 1 is 1.62 bits per heavy atom. The summed E-state index contributed by atoms with van der Waals surface area (Å²) in [6.07, 6.45) is 2.43. The van der Waals surface area contributed by atoms with Crippen molar-refractivity contribution in [2.75, 3.05) is 0 Å². The second-order valence-electron chi connectivity index (χ2n) is 4.88. The number of amides is 1. The maximum absolute atomic E-state index is 11.3. The van der Waals surface area contributed by atoms with Crippen molar-refractivity contribution < 1.29 is 4.79 Å². The van der Waals surface area contributed by atoms with E-state index < -0.39 is 0 Å². The van der Waals surface area contributed by atoms with Gasteiger partial charge in [-0.15, -0.1) is 0 Å². The highest BCUT2D eigenvalue weighted by atomic mass is 16.1.